The third-order valence-electron chi connectivity index (χ3n) is 11.5. The van der Waals surface area contributed by atoms with Crippen LogP contribution >= 0.6 is 0 Å². The number of nitrogens with zero attached hydrogens (tertiary/aromatic N) is 1. The molecular formula is C49H51NO11. The van der Waals surface area contributed by atoms with E-state index in [1.165, 1.54) is 0 Å². The maximum Gasteiger partial charge on any atom is 0.411 e. The van der Waals surface area contributed by atoms with Crippen LogP contribution in [0.3, 0.4) is 0 Å². The molecule has 4 heterocycles. The van der Waals surface area contributed by atoms with Gasteiger partial charge in [-0.1, -0.05) is 152 Å². The smallest absolute Gasteiger partial charge is 0.411 e. The average Bonchev–Trinajstić information content (AvgIpc) is 3.64. The van der Waals surface area contributed by atoms with Gasteiger partial charge in [0.15, 0.2) is 25.0 Å². The molecule has 318 valence electrons. The van der Waals surface area contributed by atoms with Gasteiger partial charge < -0.3 is 47.4 Å². The molecule has 9 rings (SSSR count). The van der Waals surface area contributed by atoms with Gasteiger partial charge in [0.2, 0.25) is 0 Å². The molecule has 0 aromatic heterocycles. The largest absolute Gasteiger partial charge is 0.441 e. The summed E-state index contributed by atoms with van der Waals surface area (Å²) in [7, 11) is 1.57. The van der Waals surface area contributed by atoms with Crippen molar-refractivity contribution in [2.45, 2.75) is 94.0 Å². The van der Waals surface area contributed by atoms with E-state index in [4.69, 9.17) is 47.4 Å². The molecule has 12 nitrogen and oxygen atoms in total. The molecule has 11 atom stereocenters. The Kier molecular flexibility index (Phi) is 13.4. The Hall–Kier alpha value is -4.99. The summed E-state index contributed by atoms with van der Waals surface area (Å²) in [5.41, 5.74) is 4.70. The fourth-order valence-electron chi connectivity index (χ4n) is 8.46. The summed E-state index contributed by atoms with van der Waals surface area (Å²) in [6.07, 6.45) is -8.28. The van der Waals surface area contributed by atoms with Crippen LogP contribution in [0.15, 0.2) is 152 Å². The summed E-state index contributed by atoms with van der Waals surface area (Å²) in [6, 6.07) is 48.5. The molecule has 4 aliphatic heterocycles. The molecule has 5 aromatic carbocycles. The van der Waals surface area contributed by atoms with Crippen LogP contribution in [0.25, 0.3) is 0 Å². The van der Waals surface area contributed by atoms with Gasteiger partial charge in [-0.3, -0.25) is 4.90 Å². The van der Waals surface area contributed by atoms with Gasteiger partial charge >= 0.3 is 6.09 Å². The van der Waals surface area contributed by atoms with Crippen molar-refractivity contribution in [2.24, 2.45) is 0 Å². The van der Waals surface area contributed by atoms with Gasteiger partial charge in [0.05, 0.1) is 33.0 Å². The first-order valence-electron chi connectivity index (χ1n) is 20.9. The van der Waals surface area contributed by atoms with Gasteiger partial charge in [0.25, 0.3) is 0 Å². The normalized spacial score (nSPS) is 29.7. The zero-order chi connectivity index (χ0) is 41.4. The van der Waals surface area contributed by atoms with Crippen molar-refractivity contribution in [3.05, 3.63) is 179 Å². The Labute approximate surface area is 356 Å². The highest BCUT2D eigenvalue weighted by molar-refractivity contribution is 5.71. The molecule has 4 fully saturated rings. The number of carbonyl (C=O) groups excluding carboxylic acids is 1. The topological polar surface area (TPSA) is 113 Å². The Balaban J connectivity index is 1.07. The lowest BCUT2D eigenvalue weighted by Gasteiger charge is -2.51. The molecule has 0 bridgehead atoms. The van der Waals surface area contributed by atoms with Crippen LogP contribution in [0.2, 0.25) is 0 Å². The molecule has 0 saturated carbocycles. The van der Waals surface area contributed by atoms with Gasteiger partial charge in [-0.05, 0) is 22.3 Å². The van der Waals surface area contributed by atoms with Crippen LogP contribution in [0.4, 0.5) is 4.79 Å². The molecule has 0 unspecified atom stereocenters. The first-order valence-corrected chi connectivity index (χ1v) is 20.9. The number of amides is 1. The zero-order valence-electron chi connectivity index (χ0n) is 34.0. The van der Waals surface area contributed by atoms with E-state index in [0.717, 1.165) is 27.8 Å². The molecule has 0 N–H and O–H groups in total. The SMILES string of the molecule is CO[C@H]1O[C@@H]2CO[C@@H](c3ccccc3)O[C@H]2[C@H](O[C@@H]2O[C@H](COCc3ccccc3)[C@@H](OCc3ccccc3)[C@@H]3OC(=O)N(Cc4ccccc4)[C@@H]23)[C@H]1OCc1ccccc1. The van der Waals surface area contributed by atoms with E-state index < -0.39 is 73.7 Å². The van der Waals surface area contributed by atoms with Crippen LogP contribution in [0, 0.1) is 0 Å². The van der Waals surface area contributed by atoms with Crippen molar-refractivity contribution >= 4 is 6.09 Å². The van der Waals surface area contributed by atoms with Gasteiger partial charge in [-0.15, -0.1) is 0 Å². The number of hydrogen-bond donors (Lipinski definition) is 0. The minimum atomic E-state index is -1.06. The van der Waals surface area contributed by atoms with Crippen molar-refractivity contribution in [3.63, 3.8) is 0 Å². The Morgan fingerprint density at radius 2 is 1.15 bits per heavy atom. The van der Waals surface area contributed by atoms with E-state index in [2.05, 4.69) is 0 Å². The Bertz CT molecular complexity index is 2090. The average molecular weight is 830 g/mol. The summed E-state index contributed by atoms with van der Waals surface area (Å²) < 4.78 is 65.9. The van der Waals surface area contributed by atoms with Crippen LogP contribution < -0.4 is 0 Å². The quantitative estimate of drug-likeness (QED) is 0.0995. The first-order chi connectivity index (χ1) is 30.1. The number of hydrogen-bond acceptors (Lipinski definition) is 11. The monoisotopic (exact) mass is 829 g/mol. The molecule has 4 aliphatic rings. The van der Waals surface area contributed by atoms with Gasteiger partial charge in [-0.25, -0.2) is 4.79 Å². The second kappa shape index (κ2) is 19.8. The van der Waals surface area contributed by atoms with Gasteiger partial charge in [0.1, 0.15) is 42.7 Å². The minimum absolute atomic E-state index is 0.128. The maximum absolute atomic E-state index is 14.2. The lowest BCUT2D eigenvalue weighted by molar-refractivity contribution is -0.390. The van der Waals surface area contributed by atoms with E-state index in [-0.39, 0.29) is 33.0 Å². The second-order valence-electron chi connectivity index (χ2n) is 15.6. The van der Waals surface area contributed by atoms with Crippen molar-refractivity contribution in [2.75, 3.05) is 20.3 Å². The third-order valence-corrected chi connectivity index (χ3v) is 11.5. The van der Waals surface area contributed by atoms with Crippen LogP contribution in [0.1, 0.15) is 34.1 Å². The van der Waals surface area contributed by atoms with Crippen LogP contribution in [-0.4, -0.2) is 92.7 Å². The fourth-order valence-corrected chi connectivity index (χ4v) is 8.46. The first kappa shape index (κ1) is 41.4. The van der Waals surface area contributed by atoms with Crippen LogP contribution in [-0.2, 0) is 73.7 Å². The molecule has 61 heavy (non-hydrogen) atoms. The second-order valence-corrected chi connectivity index (χ2v) is 15.6. The highest BCUT2D eigenvalue weighted by Crippen LogP contribution is 2.42. The van der Waals surface area contributed by atoms with E-state index in [9.17, 15) is 4.79 Å². The van der Waals surface area contributed by atoms with Crippen LogP contribution in [0.5, 0.6) is 0 Å². The minimum Gasteiger partial charge on any atom is -0.441 e. The number of rotatable bonds is 16. The van der Waals surface area contributed by atoms with Crippen molar-refractivity contribution in [3.8, 4) is 0 Å². The Morgan fingerprint density at radius 1 is 0.590 bits per heavy atom. The maximum atomic E-state index is 14.2. The summed E-state index contributed by atoms with van der Waals surface area (Å²) >= 11 is 0. The number of fused-ring (bicyclic) bond motifs is 2. The lowest BCUT2D eigenvalue weighted by atomic mass is 9.94. The van der Waals surface area contributed by atoms with Crippen molar-refractivity contribution in [1.29, 1.82) is 0 Å². The third kappa shape index (κ3) is 9.74. The Morgan fingerprint density at radius 3 is 1.75 bits per heavy atom. The number of benzene rings is 5. The molecule has 0 radical (unpaired) electrons. The predicted molar refractivity (Wildman–Crippen MR) is 221 cm³/mol. The molecule has 4 saturated heterocycles. The number of methoxy groups -OCH3 is 1. The van der Waals surface area contributed by atoms with Crippen molar-refractivity contribution < 1.29 is 52.2 Å². The summed E-state index contributed by atoms with van der Waals surface area (Å²) in [5.74, 6) is 0. The molecule has 5 aromatic rings. The van der Waals surface area contributed by atoms with E-state index >= 15 is 0 Å². The van der Waals surface area contributed by atoms with E-state index in [0.29, 0.717) is 6.61 Å². The molecule has 0 spiro atoms. The van der Waals surface area contributed by atoms with Gasteiger partial charge in [-0.2, -0.15) is 0 Å². The lowest BCUT2D eigenvalue weighted by Crippen LogP contribution is -2.67. The highest BCUT2D eigenvalue weighted by atomic mass is 16.8. The molecule has 12 heteroatoms. The standard InChI is InChI=1S/C49H51NO11/c1-52-48-45(55-30-36-23-13-5-14-24-36)44(42-39(58-48)32-56-46(59-42)37-25-15-6-16-26-37)60-47-40-43(61-49(51)50(40)27-33-17-7-2-8-18-33)41(54-29-35-21-11-4-12-22-35)38(57-47)31-53-28-34-19-9-3-10-20-34/h2-26,38-48H,27-32H2,1H3/t38-,39-,40-,41-,42-,43-,44+,45-,46-,47+,48+/m1/s1. The van der Waals surface area contributed by atoms with E-state index in [1.54, 1.807) is 12.0 Å². The fraction of sp³-hybridized carbons (Fsp3) is 0.367. The van der Waals surface area contributed by atoms with Gasteiger partial charge in [0, 0.05) is 19.2 Å². The number of ether oxygens (including phenoxy) is 10. The highest BCUT2D eigenvalue weighted by Gasteiger charge is 2.60. The van der Waals surface area contributed by atoms with Crippen molar-refractivity contribution in [1.82, 2.24) is 4.90 Å². The summed E-state index contributed by atoms with van der Waals surface area (Å²) in [6.45, 7) is 1.44. The van der Waals surface area contributed by atoms with E-state index in [1.807, 2.05) is 152 Å². The number of carbonyl (C=O) groups is 1. The zero-order valence-corrected chi connectivity index (χ0v) is 34.0. The summed E-state index contributed by atoms with van der Waals surface area (Å²) in [5, 5.41) is 0. The molecular weight excluding hydrogens is 779 g/mol. The molecule has 1 amide bonds. The predicted octanol–water partition coefficient (Wildman–Crippen LogP) is 7.36. The summed E-state index contributed by atoms with van der Waals surface area (Å²) in [4.78, 5) is 15.8. The molecule has 0 aliphatic carbocycles.